The van der Waals surface area contributed by atoms with E-state index in [1.54, 1.807) is 42.7 Å². The van der Waals surface area contributed by atoms with Crippen molar-refractivity contribution in [3.8, 4) is 0 Å². The van der Waals surface area contributed by atoms with Gasteiger partial charge in [-0.05, 0) is 73.9 Å². The number of aromatic nitrogens is 4. The van der Waals surface area contributed by atoms with Crippen molar-refractivity contribution in [2.24, 2.45) is 63.8 Å². The fourth-order valence-corrected chi connectivity index (χ4v) is 8.99. The molecule has 360 valence electrons. The van der Waals surface area contributed by atoms with Gasteiger partial charge in [0.05, 0.1) is 42.5 Å². The lowest BCUT2D eigenvalue weighted by atomic mass is 9.75. The van der Waals surface area contributed by atoms with Crippen molar-refractivity contribution in [2.75, 3.05) is 6.54 Å². The van der Waals surface area contributed by atoms with Crippen LogP contribution in [0.1, 0.15) is 48.6 Å². The lowest BCUT2D eigenvalue weighted by molar-refractivity contribution is -0.137. The highest BCUT2D eigenvalue weighted by atomic mass is 16.2. The molecule has 6 aromatic rings. The molecule has 2 amide bonds. The number of hydrogen-bond acceptors (Lipinski definition) is 13. The molecule has 0 aliphatic rings. The van der Waals surface area contributed by atoms with E-state index >= 15 is 4.79 Å². The number of aromatic amines is 3. The van der Waals surface area contributed by atoms with Crippen LogP contribution in [0.15, 0.2) is 104 Å². The van der Waals surface area contributed by atoms with Crippen LogP contribution in [0.25, 0.3) is 21.8 Å². The number of carbonyl (C=O) groups excluding carboxylic acids is 6. The van der Waals surface area contributed by atoms with E-state index in [0.717, 1.165) is 21.8 Å². The van der Waals surface area contributed by atoms with E-state index in [2.05, 4.69) is 25.3 Å². The number of rotatable bonds is 27. The third-order valence-corrected chi connectivity index (χ3v) is 13.2. The Balaban J connectivity index is 1.31. The topological polar surface area (TPSA) is 357 Å². The smallest absolute Gasteiger partial charge is 0.239 e. The van der Waals surface area contributed by atoms with Crippen LogP contribution >= 0.6 is 0 Å². The van der Waals surface area contributed by atoms with E-state index in [4.69, 9.17) is 40.1 Å². The Morgan fingerprint density at radius 3 is 1.68 bits per heavy atom. The molecule has 10 atom stereocenters. The van der Waals surface area contributed by atoms with Crippen LogP contribution < -0.4 is 45.5 Å². The van der Waals surface area contributed by atoms with Crippen molar-refractivity contribution < 1.29 is 28.8 Å². The number of unbranched alkanes of at least 4 members (excludes halogenated alkanes) is 1. The van der Waals surface area contributed by atoms with Crippen LogP contribution in [0.3, 0.4) is 0 Å². The molecule has 18 nitrogen and oxygen atoms in total. The summed E-state index contributed by atoms with van der Waals surface area (Å²) in [6, 6.07) is 15.5. The van der Waals surface area contributed by atoms with Crippen LogP contribution in [0.5, 0.6) is 0 Å². The average Bonchev–Trinajstić information content (AvgIpc) is 4.13. The summed E-state index contributed by atoms with van der Waals surface area (Å²) in [5.74, 6) is -9.25. The van der Waals surface area contributed by atoms with Crippen molar-refractivity contribution in [2.45, 2.75) is 88.1 Å². The molecule has 68 heavy (non-hydrogen) atoms. The molecule has 6 rings (SSSR count). The first kappa shape index (κ1) is 50.7. The summed E-state index contributed by atoms with van der Waals surface area (Å²) in [5.41, 5.74) is 49.1. The Hall–Kier alpha value is -6.67. The lowest BCUT2D eigenvalue weighted by Crippen LogP contribution is -2.58. The number of imidazole rings is 1. The molecule has 0 fully saturated rings. The van der Waals surface area contributed by atoms with E-state index in [9.17, 15) is 24.0 Å². The normalized spacial score (nSPS) is 16.2. The summed E-state index contributed by atoms with van der Waals surface area (Å²) in [5, 5.41) is 4.29. The highest BCUT2D eigenvalue weighted by Crippen LogP contribution is 2.29. The van der Waals surface area contributed by atoms with Gasteiger partial charge in [-0.1, -0.05) is 73.7 Å². The van der Waals surface area contributed by atoms with Gasteiger partial charge in [0.15, 0.2) is 23.1 Å². The van der Waals surface area contributed by atoms with E-state index in [-0.39, 0.29) is 32.1 Å². The number of nitrogens with one attached hydrogen (secondary N) is 4. The van der Waals surface area contributed by atoms with E-state index < -0.39 is 94.9 Å². The summed E-state index contributed by atoms with van der Waals surface area (Å²) < 4.78 is 0. The molecule has 0 spiro atoms. The minimum absolute atomic E-state index is 0.00499. The largest absolute Gasteiger partial charge is 0.368 e. The summed E-state index contributed by atoms with van der Waals surface area (Å²) in [6.45, 7) is 1.82. The number of H-pyrrole nitrogens is 3. The van der Waals surface area contributed by atoms with Crippen molar-refractivity contribution in [3.63, 3.8) is 0 Å². The number of carbonyl (C=O) groups is 6. The van der Waals surface area contributed by atoms with E-state index in [1.807, 2.05) is 48.5 Å². The molecule has 3 aromatic heterocycles. The Morgan fingerprint density at radius 2 is 1.13 bits per heavy atom. The highest BCUT2D eigenvalue weighted by Gasteiger charge is 2.44. The molecule has 0 aliphatic carbocycles. The zero-order valence-corrected chi connectivity index (χ0v) is 38.2. The van der Waals surface area contributed by atoms with Crippen LogP contribution in [0, 0.1) is 23.7 Å². The Kier molecular flexibility index (Phi) is 17.4. The SMILES string of the molecule is C[C@H](C(=O)[C@H](N)[C@H](Cc1c[nH]c2ccccc12)C(=O)[C@H](N)[C@@H](Cc1ccccc1)C(=O)N[C@@H](CCCCN)C(N)=O)[C@@H](N)C(=O)[C@H](Cc1c[nH]c2ccccc12)[C@H](N)C(=O)[C@@H](N)Cc1cnc[nH]1. The first-order valence-corrected chi connectivity index (χ1v) is 22.9. The van der Waals surface area contributed by atoms with Crippen LogP contribution in [0.4, 0.5) is 0 Å². The number of fused-ring (bicyclic) bond motifs is 2. The standard InChI is InChI=1S/C50H64N12O6/c1-27(41(53)46(64)35(21-30-24-60-39-16-8-6-14-33(30)39)43(55)48(66)37(52)22-31-25-58-26-61-31)45(63)42(54)34(20-29-23-59-38-15-7-5-13-32(29)38)47(65)44(56)36(19-28-11-3-2-4-12-28)50(68)62-40(49(57)67)17-9-10-18-51/h2-8,11-16,23-27,34-37,40-44,59-60H,9-10,17-22,51-56H2,1H3,(H2,57,67)(H,58,61)(H,62,68)/t27-,34-,35+,36+,37-,40-,41+,42+,43-,44+/m0/s1. The van der Waals surface area contributed by atoms with Gasteiger partial charge in [0, 0.05) is 70.3 Å². The number of nitrogens with zero attached hydrogens (tertiary/aromatic N) is 1. The lowest BCUT2D eigenvalue weighted by Gasteiger charge is -2.32. The third kappa shape index (κ3) is 12.1. The minimum Gasteiger partial charge on any atom is -0.368 e. The fourth-order valence-electron chi connectivity index (χ4n) is 8.99. The maximum absolute atomic E-state index is 15.1. The third-order valence-electron chi connectivity index (χ3n) is 13.2. The van der Waals surface area contributed by atoms with Crippen molar-refractivity contribution in [3.05, 3.63) is 126 Å². The van der Waals surface area contributed by atoms with Crippen molar-refractivity contribution in [1.29, 1.82) is 0 Å². The summed E-state index contributed by atoms with van der Waals surface area (Å²) >= 11 is 0. The van der Waals surface area contributed by atoms with Gasteiger partial charge in [-0.3, -0.25) is 28.8 Å². The first-order chi connectivity index (χ1) is 32.6. The Bertz CT molecular complexity index is 2660. The van der Waals surface area contributed by atoms with Crippen molar-refractivity contribution >= 4 is 56.8 Å². The second kappa shape index (κ2) is 23.4. The summed E-state index contributed by atoms with van der Waals surface area (Å²) in [6.07, 6.45) is 7.74. The molecule has 0 aliphatic heterocycles. The number of ketones is 4. The predicted octanol–water partition coefficient (Wildman–Crippen LogP) is 1.14. The van der Waals surface area contributed by atoms with Crippen LogP contribution in [0.2, 0.25) is 0 Å². The highest BCUT2D eigenvalue weighted by molar-refractivity contribution is 6.03. The average molecular weight is 929 g/mol. The molecule has 0 saturated carbocycles. The second-order valence-corrected chi connectivity index (χ2v) is 17.8. The zero-order chi connectivity index (χ0) is 49.1. The monoisotopic (exact) mass is 929 g/mol. The maximum Gasteiger partial charge on any atom is 0.239 e. The number of para-hydroxylation sites is 2. The van der Waals surface area contributed by atoms with E-state index in [1.165, 1.54) is 19.4 Å². The maximum atomic E-state index is 15.1. The fraction of sp³-hybridized carbons (Fsp3) is 0.380. The van der Waals surface area contributed by atoms with Gasteiger partial charge in [-0.2, -0.15) is 0 Å². The van der Waals surface area contributed by atoms with Gasteiger partial charge < -0.3 is 60.4 Å². The molecule has 0 bridgehead atoms. The van der Waals surface area contributed by atoms with Gasteiger partial charge in [0.2, 0.25) is 11.8 Å². The first-order valence-electron chi connectivity index (χ1n) is 22.9. The molecule has 3 aromatic carbocycles. The van der Waals surface area contributed by atoms with Crippen LogP contribution in [-0.2, 0) is 54.5 Å². The van der Waals surface area contributed by atoms with Gasteiger partial charge in [0.25, 0.3) is 0 Å². The number of Topliss-reactive ketones (excluding diaryl/α,β-unsaturated/α-hetero) is 4. The number of hydrogen-bond donors (Lipinski definition) is 11. The Morgan fingerprint density at radius 1 is 0.603 bits per heavy atom. The minimum atomic E-state index is -1.59. The van der Waals surface area contributed by atoms with Gasteiger partial charge in [0.1, 0.15) is 6.04 Å². The van der Waals surface area contributed by atoms with Gasteiger partial charge in [-0.15, -0.1) is 0 Å². The molecule has 18 heteroatoms. The summed E-state index contributed by atoms with van der Waals surface area (Å²) in [4.78, 5) is 98.5. The molecule has 0 unspecified atom stereocenters. The number of amides is 2. The molecular formula is C50H64N12O6. The molecule has 0 radical (unpaired) electrons. The van der Waals surface area contributed by atoms with Gasteiger partial charge in [-0.25, -0.2) is 4.98 Å². The molecule has 3 heterocycles. The second-order valence-electron chi connectivity index (χ2n) is 17.8. The zero-order valence-electron chi connectivity index (χ0n) is 38.2. The van der Waals surface area contributed by atoms with Gasteiger partial charge >= 0.3 is 0 Å². The predicted molar refractivity (Wildman–Crippen MR) is 260 cm³/mol. The quantitative estimate of drug-likeness (QED) is 0.0323. The number of benzene rings is 3. The number of nitrogens with two attached hydrogens (primary N) is 7. The number of primary amides is 1. The molecule has 0 saturated heterocycles. The molecular weight excluding hydrogens is 865 g/mol. The summed E-state index contributed by atoms with van der Waals surface area (Å²) in [7, 11) is 0. The van der Waals surface area contributed by atoms with Crippen LogP contribution in [-0.4, -0.2) is 97.7 Å². The Labute approximate surface area is 394 Å². The molecule has 18 N–H and O–H groups in total. The van der Waals surface area contributed by atoms with E-state index in [0.29, 0.717) is 41.8 Å². The van der Waals surface area contributed by atoms with Crippen molar-refractivity contribution in [1.82, 2.24) is 25.3 Å².